The number of aryl methyl sites for hydroxylation is 1. The van der Waals surface area contributed by atoms with Gasteiger partial charge in [0, 0.05) is 5.56 Å². The van der Waals surface area contributed by atoms with Gasteiger partial charge in [0.05, 0.1) is 17.0 Å². The van der Waals surface area contributed by atoms with Gasteiger partial charge in [0.15, 0.2) is 0 Å². The number of hydrogen-bond donors (Lipinski definition) is 0. The van der Waals surface area contributed by atoms with Crippen molar-refractivity contribution in [2.75, 3.05) is 0 Å². The molecular formula is C18H14N2O2. The van der Waals surface area contributed by atoms with Crippen LogP contribution in [0.5, 0.6) is 5.75 Å². The highest BCUT2D eigenvalue weighted by Crippen LogP contribution is 2.21. The summed E-state index contributed by atoms with van der Waals surface area (Å²) in [6.45, 7) is 1.89. The summed E-state index contributed by atoms with van der Waals surface area (Å²) in [4.78, 5) is 12.0. The molecule has 0 amide bonds. The fourth-order valence-corrected chi connectivity index (χ4v) is 1.99. The monoisotopic (exact) mass is 290 g/mol. The minimum atomic E-state index is -0.372. The largest absolute Gasteiger partial charge is 0.423 e. The quantitative estimate of drug-likeness (QED) is 0.545. The standard InChI is InChI=1S/C18H14N2O2/c1-13-7-12-17(20-19-13)14-8-10-16(11-9-14)22-18(21)15-5-3-2-4-6-15/h2-12H,1H3. The van der Waals surface area contributed by atoms with E-state index in [0.29, 0.717) is 11.3 Å². The van der Waals surface area contributed by atoms with Gasteiger partial charge in [0.25, 0.3) is 0 Å². The Morgan fingerprint density at radius 2 is 1.59 bits per heavy atom. The predicted molar refractivity (Wildman–Crippen MR) is 83.6 cm³/mol. The number of ether oxygens (including phenoxy) is 1. The van der Waals surface area contributed by atoms with Gasteiger partial charge in [-0.1, -0.05) is 18.2 Å². The molecule has 0 aliphatic carbocycles. The first-order chi connectivity index (χ1) is 10.7. The van der Waals surface area contributed by atoms with Gasteiger partial charge in [-0.2, -0.15) is 10.2 Å². The maximum absolute atomic E-state index is 12.0. The van der Waals surface area contributed by atoms with E-state index in [1.807, 2.05) is 37.3 Å². The normalized spacial score (nSPS) is 10.2. The van der Waals surface area contributed by atoms with Gasteiger partial charge in [-0.25, -0.2) is 4.79 Å². The van der Waals surface area contributed by atoms with Gasteiger partial charge in [-0.15, -0.1) is 0 Å². The van der Waals surface area contributed by atoms with E-state index >= 15 is 0 Å². The molecule has 0 aliphatic rings. The average Bonchev–Trinajstić information content (AvgIpc) is 2.57. The number of esters is 1. The summed E-state index contributed by atoms with van der Waals surface area (Å²) >= 11 is 0. The molecule has 0 atom stereocenters. The summed E-state index contributed by atoms with van der Waals surface area (Å²) in [5.74, 6) is 0.126. The van der Waals surface area contributed by atoms with Crippen LogP contribution in [-0.2, 0) is 0 Å². The van der Waals surface area contributed by atoms with E-state index < -0.39 is 0 Å². The molecule has 0 aliphatic heterocycles. The number of nitrogens with zero attached hydrogens (tertiary/aromatic N) is 2. The maximum atomic E-state index is 12.0. The lowest BCUT2D eigenvalue weighted by Gasteiger charge is -2.05. The SMILES string of the molecule is Cc1ccc(-c2ccc(OC(=O)c3ccccc3)cc2)nn1. The van der Waals surface area contributed by atoms with Gasteiger partial charge in [-0.3, -0.25) is 0 Å². The zero-order valence-electron chi connectivity index (χ0n) is 12.1. The van der Waals surface area contributed by atoms with Crippen molar-refractivity contribution in [2.24, 2.45) is 0 Å². The maximum Gasteiger partial charge on any atom is 0.343 e. The lowest BCUT2D eigenvalue weighted by atomic mass is 10.1. The first-order valence-corrected chi connectivity index (χ1v) is 6.90. The molecule has 0 saturated heterocycles. The molecular weight excluding hydrogens is 276 g/mol. The van der Waals surface area contributed by atoms with Gasteiger partial charge < -0.3 is 4.74 Å². The van der Waals surface area contributed by atoms with Crippen LogP contribution in [0.15, 0.2) is 66.7 Å². The highest BCUT2D eigenvalue weighted by molar-refractivity contribution is 5.91. The average molecular weight is 290 g/mol. The summed E-state index contributed by atoms with van der Waals surface area (Å²) in [5.41, 5.74) is 3.10. The molecule has 3 rings (SSSR count). The van der Waals surface area contributed by atoms with Crippen LogP contribution in [0.3, 0.4) is 0 Å². The number of benzene rings is 2. The van der Waals surface area contributed by atoms with Crippen molar-refractivity contribution >= 4 is 5.97 Å². The molecule has 0 fully saturated rings. The number of carbonyl (C=O) groups is 1. The summed E-state index contributed by atoms with van der Waals surface area (Å²) < 4.78 is 5.34. The Hall–Kier alpha value is -3.01. The van der Waals surface area contributed by atoms with Crippen LogP contribution in [0.4, 0.5) is 0 Å². The summed E-state index contributed by atoms with van der Waals surface area (Å²) in [5, 5.41) is 8.16. The molecule has 4 nitrogen and oxygen atoms in total. The van der Waals surface area contributed by atoms with E-state index in [1.54, 1.807) is 36.4 Å². The molecule has 108 valence electrons. The summed E-state index contributed by atoms with van der Waals surface area (Å²) in [7, 11) is 0. The number of carbonyl (C=O) groups excluding carboxylic acids is 1. The summed E-state index contributed by atoms with van der Waals surface area (Å²) in [6.07, 6.45) is 0. The molecule has 0 saturated carbocycles. The predicted octanol–water partition coefficient (Wildman–Crippen LogP) is 3.67. The van der Waals surface area contributed by atoms with Crippen molar-refractivity contribution in [2.45, 2.75) is 6.92 Å². The Labute approximate surface area is 128 Å². The fraction of sp³-hybridized carbons (Fsp3) is 0.0556. The highest BCUT2D eigenvalue weighted by atomic mass is 16.5. The van der Waals surface area contributed by atoms with Crippen LogP contribution in [0.1, 0.15) is 16.1 Å². The minimum Gasteiger partial charge on any atom is -0.423 e. The molecule has 1 aromatic heterocycles. The number of rotatable bonds is 3. The van der Waals surface area contributed by atoms with Crippen LogP contribution < -0.4 is 4.74 Å². The third-order valence-electron chi connectivity index (χ3n) is 3.17. The topological polar surface area (TPSA) is 52.1 Å². The van der Waals surface area contributed by atoms with Gasteiger partial charge in [0.2, 0.25) is 0 Å². The number of hydrogen-bond acceptors (Lipinski definition) is 4. The Morgan fingerprint density at radius 3 is 2.23 bits per heavy atom. The second-order valence-electron chi connectivity index (χ2n) is 4.84. The first-order valence-electron chi connectivity index (χ1n) is 6.90. The highest BCUT2D eigenvalue weighted by Gasteiger charge is 2.08. The second kappa shape index (κ2) is 6.18. The van der Waals surface area contributed by atoms with Gasteiger partial charge in [0.1, 0.15) is 5.75 Å². The van der Waals surface area contributed by atoms with Crippen molar-refractivity contribution in [3.05, 3.63) is 78.0 Å². The van der Waals surface area contributed by atoms with Crippen LogP contribution in [0.25, 0.3) is 11.3 Å². The molecule has 1 heterocycles. The lowest BCUT2D eigenvalue weighted by Crippen LogP contribution is -2.07. The van der Waals surface area contributed by atoms with E-state index in [1.165, 1.54) is 0 Å². The molecule has 0 radical (unpaired) electrons. The van der Waals surface area contributed by atoms with E-state index in [-0.39, 0.29) is 5.97 Å². The Morgan fingerprint density at radius 1 is 0.864 bits per heavy atom. The van der Waals surface area contributed by atoms with Crippen LogP contribution in [0, 0.1) is 6.92 Å². The fourth-order valence-electron chi connectivity index (χ4n) is 1.99. The molecule has 2 aromatic carbocycles. The second-order valence-corrected chi connectivity index (χ2v) is 4.84. The smallest absolute Gasteiger partial charge is 0.343 e. The van der Waals surface area contributed by atoms with Crippen molar-refractivity contribution in [1.29, 1.82) is 0 Å². The number of aromatic nitrogens is 2. The molecule has 0 N–H and O–H groups in total. The lowest BCUT2D eigenvalue weighted by molar-refractivity contribution is 0.0735. The first kappa shape index (κ1) is 13.9. The van der Waals surface area contributed by atoms with E-state index in [4.69, 9.17) is 4.74 Å². The minimum absolute atomic E-state index is 0.372. The molecule has 22 heavy (non-hydrogen) atoms. The van der Waals surface area contributed by atoms with Gasteiger partial charge >= 0.3 is 5.97 Å². The molecule has 0 unspecified atom stereocenters. The zero-order chi connectivity index (χ0) is 15.4. The Kier molecular flexibility index (Phi) is 3.92. The molecule has 4 heteroatoms. The van der Waals surface area contributed by atoms with Crippen molar-refractivity contribution in [1.82, 2.24) is 10.2 Å². The van der Waals surface area contributed by atoms with Gasteiger partial charge in [-0.05, 0) is 55.5 Å². The third kappa shape index (κ3) is 3.17. The van der Waals surface area contributed by atoms with Crippen LogP contribution >= 0.6 is 0 Å². The van der Waals surface area contributed by atoms with Crippen LogP contribution in [-0.4, -0.2) is 16.2 Å². The van der Waals surface area contributed by atoms with Crippen LogP contribution in [0.2, 0.25) is 0 Å². The third-order valence-corrected chi connectivity index (χ3v) is 3.17. The molecule has 0 spiro atoms. The van der Waals surface area contributed by atoms with Crippen molar-refractivity contribution < 1.29 is 9.53 Å². The Balaban J connectivity index is 1.74. The van der Waals surface area contributed by atoms with Crippen molar-refractivity contribution in [3.8, 4) is 17.0 Å². The van der Waals surface area contributed by atoms with E-state index in [0.717, 1.165) is 17.0 Å². The Bertz CT molecular complexity index is 766. The van der Waals surface area contributed by atoms with Crippen molar-refractivity contribution in [3.63, 3.8) is 0 Å². The molecule has 3 aromatic rings. The molecule has 0 bridgehead atoms. The van der Waals surface area contributed by atoms with E-state index in [2.05, 4.69) is 10.2 Å². The van der Waals surface area contributed by atoms with E-state index in [9.17, 15) is 4.79 Å². The summed E-state index contributed by atoms with van der Waals surface area (Å²) in [6, 6.07) is 19.9. The zero-order valence-corrected chi connectivity index (χ0v) is 12.1.